The van der Waals surface area contributed by atoms with E-state index in [-0.39, 0.29) is 15.9 Å². The van der Waals surface area contributed by atoms with Gasteiger partial charge in [0.25, 0.3) is 0 Å². The van der Waals surface area contributed by atoms with Crippen LogP contribution in [0.15, 0.2) is 58.3 Å². The van der Waals surface area contributed by atoms with E-state index in [0.29, 0.717) is 23.7 Å². The topological polar surface area (TPSA) is 76.4 Å². The molecule has 136 valence electrons. The lowest BCUT2D eigenvalue weighted by Crippen LogP contribution is -2.07. The minimum absolute atomic E-state index is 0.0243. The van der Waals surface area contributed by atoms with Crippen LogP contribution in [0.4, 0.5) is 0 Å². The monoisotopic (exact) mass is 371 g/mol. The fourth-order valence-electron chi connectivity index (χ4n) is 2.28. The summed E-state index contributed by atoms with van der Waals surface area (Å²) < 4.78 is 36.6. The highest BCUT2D eigenvalue weighted by Gasteiger charge is 2.20. The molecule has 0 atom stereocenters. The Morgan fingerprint density at radius 1 is 1.15 bits per heavy atom. The molecule has 2 rings (SSSR count). The normalized spacial score (nSPS) is 11.9. The predicted molar refractivity (Wildman–Crippen MR) is 101 cm³/mol. The van der Waals surface area contributed by atoms with Gasteiger partial charge in [-0.25, -0.2) is 8.42 Å². The van der Waals surface area contributed by atoms with Crippen LogP contribution in [0.1, 0.15) is 26.3 Å². The molecule has 0 spiro atoms. The van der Waals surface area contributed by atoms with Gasteiger partial charge in [-0.2, -0.15) is 5.26 Å². The molecule has 0 aliphatic heterocycles. The molecule has 0 bridgehead atoms. The quantitative estimate of drug-likeness (QED) is 0.681. The number of ether oxygens (including phenoxy) is 2. The van der Waals surface area contributed by atoms with Gasteiger partial charge in [0.15, 0.2) is 11.5 Å². The summed E-state index contributed by atoms with van der Waals surface area (Å²) >= 11 is 0. The zero-order valence-electron chi connectivity index (χ0n) is 15.0. The van der Waals surface area contributed by atoms with Gasteiger partial charge in [-0.15, -0.1) is 0 Å². The van der Waals surface area contributed by atoms with Crippen molar-refractivity contribution in [3.8, 4) is 17.6 Å². The molecule has 0 unspecified atom stereocenters. The van der Waals surface area contributed by atoms with Crippen LogP contribution in [0, 0.1) is 11.3 Å². The van der Waals surface area contributed by atoms with Crippen LogP contribution in [-0.4, -0.2) is 21.1 Å². The van der Waals surface area contributed by atoms with E-state index in [1.807, 2.05) is 20.8 Å². The lowest BCUT2D eigenvalue weighted by Gasteiger charge is -2.15. The number of nitriles is 1. The highest BCUT2D eigenvalue weighted by molar-refractivity contribution is 7.95. The van der Waals surface area contributed by atoms with E-state index in [0.717, 1.165) is 0 Å². The molecule has 0 aromatic heterocycles. The third-order valence-electron chi connectivity index (χ3n) is 3.38. The Labute approximate surface area is 154 Å². The van der Waals surface area contributed by atoms with Gasteiger partial charge < -0.3 is 9.47 Å². The van der Waals surface area contributed by atoms with Crippen molar-refractivity contribution in [2.75, 3.05) is 6.61 Å². The molecule has 26 heavy (non-hydrogen) atoms. The maximum Gasteiger partial charge on any atom is 0.216 e. The minimum atomic E-state index is -3.88. The first-order chi connectivity index (χ1) is 12.4. The van der Waals surface area contributed by atoms with Gasteiger partial charge in [0, 0.05) is 0 Å². The van der Waals surface area contributed by atoms with Crippen molar-refractivity contribution in [2.24, 2.45) is 0 Å². The Kier molecular flexibility index (Phi) is 6.42. The first-order valence-electron chi connectivity index (χ1n) is 8.24. The molecule has 0 amide bonds. The first kappa shape index (κ1) is 19.5. The molecular formula is C20H21NO4S. The zero-order valence-corrected chi connectivity index (χ0v) is 15.8. The Bertz CT molecular complexity index is 926. The van der Waals surface area contributed by atoms with E-state index in [9.17, 15) is 13.7 Å². The van der Waals surface area contributed by atoms with Crippen LogP contribution in [0.25, 0.3) is 6.08 Å². The third-order valence-corrected chi connectivity index (χ3v) is 5.06. The van der Waals surface area contributed by atoms with Gasteiger partial charge >= 0.3 is 0 Å². The number of hydrogen-bond donors (Lipinski definition) is 0. The predicted octanol–water partition coefficient (Wildman–Crippen LogP) is 4.21. The van der Waals surface area contributed by atoms with E-state index in [4.69, 9.17) is 9.47 Å². The molecule has 6 heteroatoms. The second-order valence-corrected chi connectivity index (χ2v) is 7.66. The summed E-state index contributed by atoms with van der Waals surface area (Å²) in [5.74, 6) is 1.08. The summed E-state index contributed by atoms with van der Waals surface area (Å²) in [6.07, 6.45) is 1.31. The van der Waals surface area contributed by atoms with Crippen LogP contribution in [0.2, 0.25) is 0 Å². The fourth-order valence-corrected chi connectivity index (χ4v) is 3.46. The minimum Gasteiger partial charge on any atom is -0.490 e. The maximum atomic E-state index is 12.6. The summed E-state index contributed by atoms with van der Waals surface area (Å²) in [5.41, 5.74) is 0.542. The first-order valence-corrected chi connectivity index (χ1v) is 9.72. The maximum absolute atomic E-state index is 12.6. The largest absolute Gasteiger partial charge is 0.490 e. The van der Waals surface area contributed by atoms with Crippen molar-refractivity contribution in [3.63, 3.8) is 0 Å². The van der Waals surface area contributed by atoms with Gasteiger partial charge in [0.05, 0.1) is 17.6 Å². The van der Waals surface area contributed by atoms with Gasteiger partial charge in [-0.1, -0.05) is 24.3 Å². The van der Waals surface area contributed by atoms with Crippen LogP contribution >= 0.6 is 0 Å². The molecule has 2 aromatic rings. The summed E-state index contributed by atoms with van der Waals surface area (Å²) in [5, 5.41) is 9.38. The fraction of sp³-hybridized carbons (Fsp3) is 0.250. The second-order valence-electron chi connectivity index (χ2n) is 5.74. The molecule has 0 fully saturated rings. The van der Waals surface area contributed by atoms with E-state index in [2.05, 4.69) is 0 Å². The summed E-state index contributed by atoms with van der Waals surface area (Å²) in [6.45, 7) is 6.10. The van der Waals surface area contributed by atoms with Crippen molar-refractivity contribution in [3.05, 3.63) is 59.0 Å². The molecule has 0 N–H and O–H groups in total. The van der Waals surface area contributed by atoms with E-state index >= 15 is 0 Å². The Morgan fingerprint density at radius 2 is 1.85 bits per heavy atom. The Hall–Kier alpha value is -2.78. The molecule has 0 saturated carbocycles. The average Bonchev–Trinajstić information content (AvgIpc) is 2.62. The van der Waals surface area contributed by atoms with Crippen molar-refractivity contribution in [1.82, 2.24) is 0 Å². The molecule has 0 heterocycles. The summed E-state index contributed by atoms with van der Waals surface area (Å²) in [6, 6.07) is 14.7. The average molecular weight is 371 g/mol. The van der Waals surface area contributed by atoms with Crippen molar-refractivity contribution < 1.29 is 17.9 Å². The van der Waals surface area contributed by atoms with Gasteiger partial charge in [0.2, 0.25) is 9.84 Å². The molecule has 5 nitrogen and oxygen atoms in total. The number of sulfone groups is 1. The molecular weight excluding hydrogens is 350 g/mol. The molecule has 0 radical (unpaired) electrons. The van der Waals surface area contributed by atoms with Crippen molar-refractivity contribution in [2.45, 2.75) is 31.8 Å². The van der Waals surface area contributed by atoms with Crippen LogP contribution in [0.5, 0.6) is 11.5 Å². The Morgan fingerprint density at radius 3 is 2.42 bits per heavy atom. The lowest BCUT2D eigenvalue weighted by atomic mass is 10.2. The highest BCUT2D eigenvalue weighted by Crippen LogP contribution is 2.31. The van der Waals surface area contributed by atoms with Crippen molar-refractivity contribution in [1.29, 1.82) is 5.26 Å². The summed E-state index contributed by atoms with van der Waals surface area (Å²) in [7, 11) is -3.88. The summed E-state index contributed by atoms with van der Waals surface area (Å²) in [4.78, 5) is -0.249. The van der Waals surface area contributed by atoms with Crippen LogP contribution < -0.4 is 9.47 Å². The van der Waals surface area contributed by atoms with Gasteiger partial charge in [-0.3, -0.25) is 0 Å². The smallest absolute Gasteiger partial charge is 0.216 e. The third kappa shape index (κ3) is 4.64. The van der Waals surface area contributed by atoms with E-state index < -0.39 is 9.84 Å². The van der Waals surface area contributed by atoms with E-state index in [1.54, 1.807) is 42.5 Å². The van der Waals surface area contributed by atoms with Crippen LogP contribution in [0.3, 0.4) is 0 Å². The number of benzene rings is 2. The molecule has 2 aromatic carbocycles. The Balaban J connectivity index is 2.46. The van der Waals surface area contributed by atoms with Crippen LogP contribution in [-0.2, 0) is 9.84 Å². The van der Waals surface area contributed by atoms with E-state index in [1.165, 1.54) is 18.2 Å². The SMILES string of the molecule is CCOc1cc(/C=C(/C#N)S(=O)(=O)c2ccccc2)ccc1OC(C)C. The molecule has 0 aliphatic carbocycles. The molecule has 0 aliphatic rings. The van der Waals surface area contributed by atoms with Crippen molar-refractivity contribution >= 4 is 15.9 Å². The molecule has 0 saturated heterocycles. The lowest BCUT2D eigenvalue weighted by molar-refractivity contribution is 0.224. The standard InChI is InChI=1S/C20H21NO4S/c1-4-24-20-13-16(10-11-19(20)25-15(2)3)12-18(14-21)26(22,23)17-8-6-5-7-9-17/h5-13,15H,4H2,1-3H3/b18-12-. The number of hydrogen-bond acceptors (Lipinski definition) is 5. The van der Waals surface area contributed by atoms with Gasteiger partial charge in [0.1, 0.15) is 11.0 Å². The number of allylic oxidation sites excluding steroid dienone is 1. The number of nitrogens with zero attached hydrogens (tertiary/aromatic N) is 1. The highest BCUT2D eigenvalue weighted by atomic mass is 32.2. The zero-order chi connectivity index (χ0) is 19.2. The van der Waals surface area contributed by atoms with Gasteiger partial charge in [-0.05, 0) is 56.7 Å². The number of rotatable bonds is 7. The second kappa shape index (κ2) is 8.54.